The van der Waals surface area contributed by atoms with E-state index in [2.05, 4.69) is 5.10 Å². The number of hydrazone groups is 1. The van der Waals surface area contributed by atoms with E-state index in [9.17, 15) is 27.1 Å². The first-order valence-electron chi connectivity index (χ1n) is 6.66. The molecule has 0 spiro atoms. The standard InChI is InChI=1S/C12H17F5N2O/c1-2-3-6-19-7-4-5-11(13,14)10(20)8(7)9(18-19)12(15,16)17/h7-8,10,20H,2-6H2,1H3/t7?,8?,10-/m0/s1. The van der Waals surface area contributed by atoms with Crippen LogP contribution in [0.25, 0.3) is 0 Å². The van der Waals surface area contributed by atoms with Gasteiger partial charge in [-0.2, -0.15) is 18.3 Å². The molecular weight excluding hydrogens is 283 g/mol. The molecule has 2 unspecified atom stereocenters. The highest BCUT2D eigenvalue weighted by atomic mass is 19.4. The Bertz CT molecular complexity index is 396. The van der Waals surface area contributed by atoms with Crippen LogP contribution in [0.5, 0.6) is 0 Å². The minimum atomic E-state index is -4.79. The molecule has 1 N–H and O–H groups in total. The topological polar surface area (TPSA) is 35.8 Å². The van der Waals surface area contributed by atoms with Crippen molar-refractivity contribution in [3.8, 4) is 0 Å². The predicted molar refractivity (Wildman–Crippen MR) is 62.6 cm³/mol. The summed E-state index contributed by atoms with van der Waals surface area (Å²) in [6.07, 6.45) is -6.43. The van der Waals surface area contributed by atoms with E-state index in [4.69, 9.17) is 0 Å². The molecule has 1 aliphatic carbocycles. The summed E-state index contributed by atoms with van der Waals surface area (Å²) in [5.41, 5.74) is -1.27. The first-order chi connectivity index (χ1) is 9.18. The monoisotopic (exact) mass is 300 g/mol. The van der Waals surface area contributed by atoms with E-state index in [1.807, 2.05) is 6.92 Å². The highest BCUT2D eigenvalue weighted by molar-refractivity contribution is 5.94. The van der Waals surface area contributed by atoms with Crippen LogP contribution in [0, 0.1) is 5.92 Å². The van der Waals surface area contributed by atoms with Gasteiger partial charge in [0.1, 0.15) is 11.8 Å². The van der Waals surface area contributed by atoms with Crippen molar-refractivity contribution in [2.24, 2.45) is 11.0 Å². The highest BCUT2D eigenvalue weighted by Crippen LogP contribution is 2.45. The van der Waals surface area contributed by atoms with Crippen LogP contribution < -0.4 is 0 Å². The van der Waals surface area contributed by atoms with Crippen molar-refractivity contribution < 1.29 is 27.1 Å². The van der Waals surface area contributed by atoms with Crippen LogP contribution >= 0.6 is 0 Å². The van der Waals surface area contributed by atoms with Crippen molar-refractivity contribution in [3.63, 3.8) is 0 Å². The van der Waals surface area contributed by atoms with Gasteiger partial charge >= 0.3 is 6.18 Å². The van der Waals surface area contributed by atoms with E-state index >= 15 is 0 Å². The van der Waals surface area contributed by atoms with Gasteiger partial charge in [0.25, 0.3) is 5.92 Å². The molecule has 1 aliphatic heterocycles. The van der Waals surface area contributed by atoms with Crippen molar-refractivity contribution in [1.29, 1.82) is 0 Å². The second kappa shape index (κ2) is 5.13. The Kier molecular flexibility index (Phi) is 3.96. The molecule has 0 bridgehead atoms. The Labute approximate surface area is 113 Å². The molecule has 0 amide bonds. The molecule has 0 aromatic heterocycles. The van der Waals surface area contributed by atoms with Crippen LogP contribution in [-0.4, -0.2) is 46.6 Å². The van der Waals surface area contributed by atoms with Crippen LogP contribution in [0.3, 0.4) is 0 Å². The zero-order chi connectivity index (χ0) is 15.1. The lowest BCUT2D eigenvalue weighted by Crippen LogP contribution is -2.55. The van der Waals surface area contributed by atoms with Gasteiger partial charge in [0.05, 0.1) is 12.0 Å². The van der Waals surface area contributed by atoms with Crippen LogP contribution in [-0.2, 0) is 0 Å². The fourth-order valence-corrected chi connectivity index (χ4v) is 2.87. The Hall–Kier alpha value is -0.920. The third-order valence-corrected chi connectivity index (χ3v) is 3.93. The number of unbranched alkanes of at least 4 members (excludes halogenated alkanes) is 1. The highest BCUT2D eigenvalue weighted by Gasteiger charge is 2.60. The SMILES string of the molecule is CCCCN1N=C(C(F)(F)F)C2C1CCC(F)(F)[C@H]2O. The molecule has 0 aromatic carbocycles. The summed E-state index contributed by atoms with van der Waals surface area (Å²) in [4.78, 5) is 0. The smallest absolute Gasteiger partial charge is 0.386 e. The molecule has 116 valence electrons. The summed E-state index contributed by atoms with van der Waals surface area (Å²) in [6, 6.07) is -0.784. The molecule has 1 fully saturated rings. The van der Waals surface area contributed by atoms with Crippen LogP contribution in [0.15, 0.2) is 5.10 Å². The number of hydrogen-bond donors (Lipinski definition) is 1. The fraction of sp³-hybridized carbons (Fsp3) is 0.917. The van der Waals surface area contributed by atoms with Gasteiger partial charge in [-0.25, -0.2) is 8.78 Å². The lowest BCUT2D eigenvalue weighted by Gasteiger charge is -2.39. The average molecular weight is 300 g/mol. The maximum absolute atomic E-state index is 13.5. The van der Waals surface area contributed by atoms with E-state index < -0.39 is 42.3 Å². The maximum atomic E-state index is 13.5. The first kappa shape index (κ1) is 15.5. The zero-order valence-electron chi connectivity index (χ0n) is 11.0. The quantitative estimate of drug-likeness (QED) is 0.814. The molecule has 3 nitrogen and oxygen atoms in total. The molecule has 1 heterocycles. The van der Waals surface area contributed by atoms with Crippen molar-refractivity contribution >= 4 is 5.71 Å². The molecule has 2 aliphatic rings. The number of aliphatic hydroxyl groups is 1. The van der Waals surface area contributed by atoms with Gasteiger partial charge in [0.2, 0.25) is 0 Å². The number of rotatable bonds is 3. The molecular formula is C12H17F5N2O. The Morgan fingerprint density at radius 3 is 2.60 bits per heavy atom. The fourth-order valence-electron chi connectivity index (χ4n) is 2.87. The van der Waals surface area contributed by atoms with Crippen LogP contribution in [0.2, 0.25) is 0 Å². The lowest BCUT2D eigenvalue weighted by molar-refractivity contribution is -0.159. The molecule has 20 heavy (non-hydrogen) atoms. The molecule has 2 rings (SSSR count). The number of nitrogens with zero attached hydrogens (tertiary/aromatic N) is 2. The Morgan fingerprint density at radius 1 is 1.40 bits per heavy atom. The summed E-state index contributed by atoms with van der Waals surface area (Å²) in [5.74, 6) is -5.15. The van der Waals surface area contributed by atoms with Gasteiger partial charge in [-0.05, 0) is 12.8 Å². The molecule has 8 heteroatoms. The van der Waals surface area contributed by atoms with Crippen LogP contribution in [0.1, 0.15) is 32.6 Å². The van der Waals surface area contributed by atoms with Gasteiger partial charge in [-0.1, -0.05) is 13.3 Å². The predicted octanol–water partition coefficient (Wildman–Crippen LogP) is 2.80. The van der Waals surface area contributed by atoms with E-state index in [1.54, 1.807) is 0 Å². The summed E-state index contributed by atoms with van der Waals surface area (Å²) in [5, 5.41) is 14.3. The number of alkyl halides is 5. The van der Waals surface area contributed by atoms with Gasteiger partial charge < -0.3 is 5.11 Å². The number of hydrogen-bond acceptors (Lipinski definition) is 3. The normalized spacial score (nSPS) is 33.0. The van der Waals surface area contributed by atoms with E-state index in [0.29, 0.717) is 6.42 Å². The van der Waals surface area contributed by atoms with E-state index in [-0.39, 0.29) is 13.0 Å². The minimum Gasteiger partial charge on any atom is -0.386 e. The van der Waals surface area contributed by atoms with Gasteiger partial charge in [-0.15, -0.1) is 0 Å². The molecule has 1 saturated carbocycles. The summed E-state index contributed by atoms with van der Waals surface area (Å²) in [7, 11) is 0. The third-order valence-electron chi connectivity index (χ3n) is 3.93. The summed E-state index contributed by atoms with van der Waals surface area (Å²) in [6.45, 7) is 2.17. The van der Waals surface area contributed by atoms with Crippen molar-refractivity contribution in [2.75, 3.05) is 6.54 Å². The number of halogens is 5. The van der Waals surface area contributed by atoms with Crippen molar-refractivity contribution in [3.05, 3.63) is 0 Å². The number of aliphatic hydroxyl groups excluding tert-OH is 1. The second-order valence-electron chi connectivity index (χ2n) is 5.34. The van der Waals surface area contributed by atoms with E-state index in [1.165, 1.54) is 5.01 Å². The largest absolute Gasteiger partial charge is 0.431 e. The Balaban J connectivity index is 2.29. The van der Waals surface area contributed by atoms with Crippen molar-refractivity contribution in [1.82, 2.24) is 5.01 Å². The molecule has 0 saturated heterocycles. The summed E-state index contributed by atoms with van der Waals surface area (Å²) < 4.78 is 65.8. The van der Waals surface area contributed by atoms with Gasteiger partial charge in [-0.3, -0.25) is 5.01 Å². The average Bonchev–Trinajstić information content (AvgIpc) is 2.70. The molecule has 0 aromatic rings. The van der Waals surface area contributed by atoms with Gasteiger partial charge in [0.15, 0.2) is 0 Å². The lowest BCUT2D eigenvalue weighted by atomic mass is 9.77. The zero-order valence-corrected chi connectivity index (χ0v) is 11.0. The van der Waals surface area contributed by atoms with Crippen LogP contribution in [0.4, 0.5) is 22.0 Å². The molecule has 0 radical (unpaired) electrons. The van der Waals surface area contributed by atoms with E-state index in [0.717, 1.165) is 6.42 Å². The summed E-state index contributed by atoms with van der Waals surface area (Å²) >= 11 is 0. The molecule has 3 atom stereocenters. The van der Waals surface area contributed by atoms with Crippen molar-refractivity contribution in [2.45, 2.75) is 56.9 Å². The maximum Gasteiger partial charge on any atom is 0.431 e. The minimum absolute atomic E-state index is 0.0957. The second-order valence-corrected chi connectivity index (χ2v) is 5.34. The Morgan fingerprint density at radius 2 is 2.05 bits per heavy atom. The third kappa shape index (κ3) is 2.62. The van der Waals surface area contributed by atoms with Gasteiger partial charge in [0, 0.05) is 13.0 Å². The first-order valence-corrected chi connectivity index (χ1v) is 6.66. The number of fused-ring (bicyclic) bond motifs is 1.